The van der Waals surface area contributed by atoms with E-state index in [4.69, 9.17) is 21.8 Å². The van der Waals surface area contributed by atoms with Crippen molar-refractivity contribution in [3.05, 3.63) is 16.7 Å². The molecule has 0 aliphatic rings. The van der Waals surface area contributed by atoms with Gasteiger partial charge in [0.15, 0.2) is 11.4 Å². The number of aromatic carboxylic acids is 2. The van der Waals surface area contributed by atoms with Gasteiger partial charge in [-0.15, -0.1) is 0 Å². The first-order chi connectivity index (χ1) is 5.52. The van der Waals surface area contributed by atoms with Crippen molar-refractivity contribution in [3.63, 3.8) is 0 Å². The Balaban J connectivity index is 3.26. The summed E-state index contributed by atoms with van der Waals surface area (Å²) in [6.07, 6.45) is 0. The third-order valence-corrected chi connectivity index (χ3v) is 1.27. The Morgan fingerprint density at radius 2 is 1.92 bits per heavy atom. The highest BCUT2D eigenvalue weighted by Gasteiger charge is 2.20. The van der Waals surface area contributed by atoms with E-state index in [9.17, 15) is 9.59 Å². The zero-order valence-corrected chi connectivity index (χ0v) is 6.29. The summed E-state index contributed by atoms with van der Waals surface area (Å²) in [4.78, 5) is 26.0. The molecule has 0 saturated heterocycles. The first-order valence-corrected chi connectivity index (χ1v) is 3.12. The molecular weight excluding hydrogens is 188 g/mol. The lowest BCUT2D eigenvalue weighted by Crippen LogP contribution is -2.07. The normalized spacial score (nSPS) is 9.75. The van der Waals surface area contributed by atoms with E-state index in [-0.39, 0.29) is 5.28 Å². The van der Waals surface area contributed by atoms with Crippen LogP contribution in [-0.2, 0) is 0 Å². The first-order valence-electron chi connectivity index (χ1n) is 2.74. The Hall–Kier alpha value is -1.56. The number of H-pyrrole nitrogens is 1. The van der Waals surface area contributed by atoms with Gasteiger partial charge in [0.1, 0.15) is 0 Å². The van der Waals surface area contributed by atoms with Gasteiger partial charge < -0.3 is 15.2 Å². The Bertz CT molecular complexity index is 314. The fourth-order valence-corrected chi connectivity index (χ4v) is 0.833. The highest BCUT2D eigenvalue weighted by molar-refractivity contribution is 6.28. The summed E-state index contributed by atoms with van der Waals surface area (Å²) in [6.45, 7) is 0. The second kappa shape index (κ2) is 2.82. The molecule has 0 amide bonds. The molecule has 1 heterocycles. The number of carboxylic acid groups (broad SMARTS) is 2. The first kappa shape index (κ1) is 8.54. The van der Waals surface area contributed by atoms with E-state index in [0.29, 0.717) is 0 Å². The summed E-state index contributed by atoms with van der Waals surface area (Å²) < 4.78 is 0. The predicted octanol–water partition coefficient (Wildman–Crippen LogP) is 0.459. The van der Waals surface area contributed by atoms with Crippen LogP contribution in [0.5, 0.6) is 0 Å². The number of carboxylic acids is 2. The van der Waals surface area contributed by atoms with E-state index < -0.39 is 23.3 Å². The van der Waals surface area contributed by atoms with Gasteiger partial charge in [0, 0.05) is 0 Å². The standard InChI is InChI=1S/C5H3ClN2O4/c6-5-7-1(3(9)10)2(8-5)4(11)12/h(H,7,8)(H,9,10)(H,11,12). The third kappa shape index (κ3) is 1.37. The zero-order chi connectivity index (χ0) is 9.30. The molecule has 0 aromatic carbocycles. The lowest BCUT2D eigenvalue weighted by molar-refractivity contribution is 0.0644. The molecule has 1 aromatic rings. The molecule has 0 atom stereocenters. The molecular formula is C5H3ClN2O4. The predicted molar refractivity (Wildman–Crippen MR) is 37.5 cm³/mol. The highest BCUT2D eigenvalue weighted by Crippen LogP contribution is 2.09. The van der Waals surface area contributed by atoms with Gasteiger partial charge in [-0.05, 0) is 11.6 Å². The third-order valence-electron chi connectivity index (χ3n) is 1.09. The van der Waals surface area contributed by atoms with Gasteiger partial charge in [-0.2, -0.15) is 0 Å². The van der Waals surface area contributed by atoms with Gasteiger partial charge >= 0.3 is 11.9 Å². The monoisotopic (exact) mass is 190 g/mol. The van der Waals surface area contributed by atoms with E-state index >= 15 is 0 Å². The van der Waals surface area contributed by atoms with Gasteiger partial charge in [-0.1, -0.05) is 0 Å². The topological polar surface area (TPSA) is 103 Å². The fraction of sp³-hybridized carbons (Fsp3) is 0. The van der Waals surface area contributed by atoms with Gasteiger partial charge in [0.2, 0.25) is 5.28 Å². The van der Waals surface area contributed by atoms with Crippen molar-refractivity contribution in [1.82, 2.24) is 9.97 Å². The smallest absolute Gasteiger partial charge is 0.357 e. The lowest BCUT2D eigenvalue weighted by Gasteiger charge is -1.88. The largest absolute Gasteiger partial charge is 0.477 e. The number of rotatable bonds is 2. The van der Waals surface area contributed by atoms with Crippen molar-refractivity contribution in [2.24, 2.45) is 0 Å². The number of hydrogen-bond acceptors (Lipinski definition) is 3. The number of carbonyl (C=O) groups is 2. The van der Waals surface area contributed by atoms with E-state index in [2.05, 4.69) is 9.97 Å². The summed E-state index contributed by atoms with van der Waals surface area (Å²) in [5, 5.41) is 16.6. The molecule has 64 valence electrons. The van der Waals surface area contributed by atoms with Crippen molar-refractivity contribution in [2.75, 3.05) is 0 Å². The molecule has 7 heteroatoms. The van der Waals surface area contributed by atoms with Crippen LogP contribution in [0.2, 0.25) is 5.28 Å². The van der Waals surface area contributed by atoms with Crippen LogP contribution in [0.15, 0.2) is 0 Å². The number of imidazole rings is 1. The number of hydrogen-bond donors (Lipinski definition) is 3. The van der Waals surface area contributed by atoms with Crippen LogP contribution in [0.25, 0.3) is 0 Å². The number of aromatic nitrogens is 2. The second-order valence-corrected chi connectivity index (χ2v) is 2.22. The second-order valence-electron chi connectivity index (χ2n) is 1.86. The molecule has 0 aliphatic carbocycles. The highest BCUT2D eigenvalue weighted by atomic mass is 35.5. The van der Waals surface area contributed by atoms with Crippen LogP contribution in [0, 0.1) is 0 Å². The molecule has 12 heavy (non-hydrogen) atoms. The molecule has 0 bridgehead atoms. The van der Waals surface area contributed by atoms with E-state index in [1.807, 2.05) is 0 Å². The summed E-state index contributed by atoms with van der Waals surface area (Å²) in [7, 11) is 0. The van der Waals surface area contributed by atoms with Gasteiger partial charge in [0.25, 0.3) is 0 Å². The molecule has 0 aliphatic heterocycles. The van der Waals surface area contributed by atoms with Crippen molar-refractivity contribution >= 4 is 23.5 Å². The summed E-state index contributed by atoms with van der Waals surface area (Å²) >= 11 is 5.26. The summed E-state index contributed by atoms with van der Waals surface area (Å²) in [5.74, 6) is -2.85. The lowest BCUT2D eigenvalue weighted by atomic mass is 10.3. The number of nitrogens with zero attached hydrogens (tertiary/aromatic N) is 1. The van der Waals surface area contributed by atoms with Crippen molar-refractivity contribution in [3.8, 4) is 0 Å². The fourth-order valence-electron chi connectivity index (χ4n) is 0.654. The van der Waals surface area contributed by atoms with Crippen LogP contribution in [0.3, 0.4) is 0 Å². The molecule has 3 N–H and O–H groups in total. The molecule has 1 aromatic heterocycles. The minimum absolute atomic E-state index is 0.259. The molecule has 0 spiro atoms. The minimum Gasteiger partial charge on any atom is -0.477 e. The van der Waals surface area contributed by atoms with Crippen LogP contribution in [0.1, 0.15) is 21.0 Å². The van der Waals surface area contributed by atoms with Crippen molar-refractivity contribution in [1.29, 1.82) is 0 Å². The Morgan fingerprint density at radius 1 is 1.33 bits per heavy atom. The Morgan fingerprint density at radius 3 is 2.25 bits per heavy atom. The number of aromatic amines is 1. The average molecular weight is 191 g/mol. The van der Waals surface area contributed by atoms with E-state index in [1.54, 1.807) is 0 Å². The average Bonchev–Trinajstić information content (AvgIpc) is 2.31. The van der Waals surface area contributed by atoms with Gasteiger partial charge in [-0.25, -0.2) is 14.6 Å². The van der Waals surface area contributed by atoms with Crippen LogP contribution in [-0.4, -0.2) is 32.1 Å². The molecule has 0 radical (unpaired) electrons. The maximum atomic E-state index is 10.3. The Kier molecular flexibility index (Phi) is 2.01. The number of halogens is 1. The molecule has 0 saturated carbocycles. The van der Waals surface area contributed by atoms with Gasteiger partial charge in [0.05, 0.1) is 0 Å². The molecule has 1 rings (SSSR count). The van der Waals surface area contributed by atoms with Crippen molar-refractivity contribution in [2.45, 2.75) is 0 Å². The number of nitrogens with one attached hydrogen (secondary N) is 1. The van der Waals surface area contributed by atoms with Gasteiger partial charge in [-0.3, -0.25) is 0 Å². The quantitative estimate of drug-likeness (QED) is 0.629. The van der Waals surface area contributed by atoms with Crippen LogP contribution >= 0.6 is 11.6 Å². The summed E-state index contributed by atoms with van der Waals surface area (Å²) in [5.41, 5.74) is -1.11. The minimum atomic E-state index is -1.43. The maximum absolute atomic E-state index is 10.3. The SMILES string of the molecule is O=C(O)c1nc(Cl)[nH]c1C(=O)O. The van der Waals surface area contributed by atoms with Crippen LogP contribution in [0.4, 0.5) is 0 Å². The maximum Gasteiger partial charge on any atom is 0.357 e. The molecule has 0 unspecified atom stereocenters. The zero-order valence-electron chi connectivity index (χ0n) is 5.54. The van der Waals surface area contributed by atoms with Crippen molar-refractivity contribution < 1.29 is 19.8 Å². The van der Waals surface area contributed by atoms with Crippen LogP contribution < -0.4 is 0 Å². The Labute approximate surface area is 70.8 Å². The molecule has 0 fully saturated rings. The summed E-state index contributed by atoms with van der Waals surface area (Å²) in [6, 6.07) is 0. The molecule has 6 nitrogen and oxygen atoms in total. The van der Waals surface area contributed by atoms with E-state index in [1.165, 1.54) is 0 Å². The van der Waals surface area contributed by atoms with E-state index in [0.717, 1.165) is 0 Å².